The van der Waals surface area contributed by atoms with Gasteiger partial charge >= 0.3 is 5.97 Å². The SMILES string of the molecule is CCOC(=O)C1C(=O)C=C(/C=C/c2ccccc2)CC1c1ccc([N+](=O)[O-])cc1. The molecule has 0 heterocycles. The highest BCUT2D eigenvalue weighted by Crippen LogP contribution is 2.38. The molecule has 0 radical (unpaired) electrons. The van der Waals surface area contributed by atoms with E-state index < -0.39 is 22.7 Å². The smallest absolute Gasteiger partial charge is 0.317 e. The second-order valence-corrected chi connectivity index (χ2v) is 6.75. The molecule has 0 aliphatic heterocycles. The molecule has 6 heteroatoms. The van der Waals surface area contributed by atoms with Crippen LogP contribution in [0.1, 0.15) is 30.4 Å². The van der Waals surface area contributed by atoms with Crippen LogP contribution in [-0.2, 0) is 14.3 Å². The number of esters is 1. The van der Waals surface area contributed by atoms with E-state index in [-0.39, 0.29) is 18.1 Å². The van der Waals surface area contributed by atoms with Gasteiger partial charge in [-0.05, 0) is 36.1 Å². The Balaban J connectivity index is 1.92. The number of hydrogen-bond donors (Lipinski definition) is 0. The highest BCUT2D eigenvalue weighted by Gasteiger charge is 2.39. The highest BCUT2D eigenvalue weighted by atomic mass is 16.6. The van der Waals surface area contributed by atoms with Crippen LogP contribution in [0.25, 0.3) is 6.08 Å². The van der Waals surface area contributed by atoms with E-state index in [1.165, 1.54) is 18.2 Å². The van der Waals surface area contributed by atoms with Crippen molar-refractivity contribution in [3.8, 4) is 0 Å². The fourth-order valence-electron chi connectivity index (χ4n) is 3.45. The van der Waals surface area contributed by atoms with Crippen molar-refractivity contribution in [3.05, 3.63) is 93.6 Å². The molecule has 29 heavy (non-hydrogen) atoms. The van der Waals surface area contributed by atoms with Gasteiger partial charge in [0.2, 0.25) is 0 Å². The Morgan fingerprint density at radius 2 is 1.83 bits per heavy atom. The van der Waals surface area contributed by atoms with E-state index in [0.29, 0.717) is 12.0 Å². The molecule has 2 aromatic rings. The average Bonchev–Trinajstić information content (AvgIpc) is 2.72. The van der Waals surface area contributed by atoms with Gasteiger partial charge in [0, 0.05) is 18.1 Å². The van der Waals surface area contributed by atoms with Gasteiger partial charge in [0.15, 0.2) is 5.78 Å². The molecular formula is C23H21NO5. The van der Waals surface area contributed by atoms with Crippen LogP contribution < -0.4 is 0 Å². The van der Waals surface area contributed by atoms with Crippen LogP contribution in [0.5, 0.6) is 0 Å². The van der Waals surface area contributed by atoms with Gasteiger partial charge in [0.25, 0.3) is 5.69 Å². The second kappa shape index (κ2) is 9.10. The molecule has 0 N–H and O–H groups in total. The summed E-state index contributed by atoms with van der Waals surface area (Å²) in [5.41, 5.74) is 2.45. The summed E-state index contributed by atoms with van der Waals surface area (Å²) >= 11 is 0. The zero-order valence-corrected chi connectivity index (χ0v) is 16.0. The number of ketones is 1. The molecule has 2 aromatic carbocycles. The molecule has 148 valence electrons. The summed E-state index contributed by atoms with van der Waals surface area (Å²) in [6.07, 6.45) is 5.73. The number of hydrogen-bond acceptors (Lipinski definition) is 5. The Hall–Kier alpha value is -3.54. The normalized spacial score (nSPS) is 19.1. The van der Waals surface area contributed by atoms with E-state index in [0.717, 1.165) is 11.1 Å². The largest absolute Gasteiger partial charge is 0.465 e. The lowest BCUT2D eigenvalue weighted by Gasteiger charge is -2.28. The minimum Gasteiger partial charge on any atom is -0.465 e. The predicted octanol–water partition coefficient (Wildman–Crippen LogP) is 4.47. The minimum atomic E-state index is -0.953. The molecule has 0 saturated carbocycles. The second-order valence-electron chi connectivity index (χ2n) is 6.75. The Morgan fingerprint density at radius 1 is 1.14 bits per heavy atom. The molecule has 2 unspecified atom stereocenters. The number of ether oxygens (including phenoxy) is 1. The van der Waals surface area contributed by atoms with Gasteiger partial charge in [-0.3, -0.25) is 19.7 Å². The van der Waals surface area contributed by atoms with Crippen molar-refractivity contribution in [1.82, 2.24) is 0 Å². The lowest BCUT2D eigenvalue weighted by molar-refractivity contribution is -0.384. The molecule has 0 fully saturated rings. The van der Waals surface area contributed by atoms with Gasteiger partial charge in [0.05, 0.1) is 11.5 Å². The van der Waals surface area contributed by atoms with E-state index >= 15 is 0 Å². The van der Waals surface area contributed by atoms with Crippen molar-refractivity contribution in [3.63, 3.8) is 0 Å². The number of benzene rings is 2. The van der Waals surface area contributed by atoms with Crippen LogP contribution in [0.2, 0.25) is 0 Å². The molecule has 0 bridgehead atoms. The molecular weight excluding hydrogens is 370 g/mol. The van der Waals surface area contributed by atoms with E-state index in [1.54, 1.807) is 19.1 Å². The molecule has 0 aromatic heterocycles. The first-order valence-electron chi connectivity index (χ1n) is 9.38. The Kier molecular flexibility index (Phi) is 6.34. The maximum Gasteiger partial charge on any atom is 0.317 e. The quantitative estimate of drug-likeness (QED) is 0.314. The van der Waals surface area contributed by atoms with Crippen molar-refractivity contribution >= 4 is 23.5 Å². The zero-order chi connectivity index (χ0) is 20.8. The fourth-order valence-corrected chi connectivity index (χ4v) is 3.45. The Morgan fingerprint density at radius 3 is 2.45 bits per heavy atom. The number of non-ortho nitro benzene ring substituents is 1. The van der Waals surface area contributed by atoms with Gasteiger partial charge in [-0.15, -0.1) is 0 Å². The number of carbonyl (C=O) groups excluding carboxylic acids is 2. The third kappa shape index (κ3) is 4.85. The van der Waals surface area contributed by atoms with Crippen LogP contribution >= 0.6 is 0 Å². The van der Waals surface area contributed by atoms with Crippen LogP contribution in [0.4, 0.5) is 5.69 Å². The summed E-state index contributed by atoms with van der Waals surface area (Å²) < 4.78 is 5.11. The lowest BCUT2D eigenvalue weighted by atomic mass is 9.75. The van der Waals surface area contributed by atoms with E-state index in [1.807, 2.05) is 42.5 Å². The zero-order valence-electron chi connectivity index (χ0n) is 16.0. The van der Waals surface area contributed by atoms with Gasteiger partial charge in [-0.1, -0.05) is 54.6 Å². The van der Waals surface area contributed by atoms with Crippen molar-refractivity contribution in [2.75, 3.05) is 6.61 Å². The number of nitro benzene ring substituents is 1. The molecule has 0 spiro atoms. The molecule has 0 saturated heterocycles. The first kappa shape index (κ1) is 20.2. The lowest BCUT2D eigenvalue weighted by Crippen LogP contribution is -2.34. The summed E-state index contributed by atoms with van der Waals surface area (Å²) in [4.78, 5) is 35.7. The summed E-state index contributed by atoms with van der Waals surface area (Å²) in [5.74, 6) is -2.28. The van der Waals surface area contributed by atoms with Crippen LogP contribution in [-0.4, -0.2) is 23.3 Å². The van der Waals surface area contributed by atoms with Gasteiger partial charge in [-0.25, -0.2) is 0 Å². The van der Waals surface area contributed by atoms with Crippen molar-refractivity contribution in [2.24, 2.45) is 5.92 Å². The predicted molar refractivity (Wildman–Crippen MR) is 109 cm³/mol. The Labute approximate surface area is 168 Å². The molecule has 3 rings (SSSR count). The summed E-state index contributed by atoms with van der Waals surface area (Å²) in [6.45, 7) is 1.87. The number of nitro groups is 1. The van der Waals surface area contributed by atoms with Crippen molar-refractivity contribution < 1.29 is 19.2 Å². The monoisotopic (exact) mass is 391 g/mol. The van der Waals surface area contributed by atoms with Crippen LogP contribution in [0, 0.1) is 16.0 Å². The van der Waals surface area contributed by atoms with Gasteiger partial charge in [0.1, 0.15) is 5.92 Å². The molecule has 0 amide bonds. The summed E-state index contributed by atoms with van der Waals surface area (Å²) in [5, 5.41) is 10.9. The molecule has 1 aliphatic rings. The van der Waals surface area contributed by atoms with Crippen molar-refractivity contribution in [1.29, 1.82) is 0 Å². The number of nitrogens with zero attached hydrogens (tertiary/aromatic N) is 1. The van der Waals surface area contributed by atoms with Gasteiger partial charge in [-0.2, -0.15) is 0 Å². The standard InChI is InChI=1S/C23H21NO5/c1-2-29-23(26)22-20(18-10-12-19(13-11-18)24(27)28)14-17(15-21(22)25)9-8-16-6-4-3-5-7-16/h3-13,15,20,22H,2,14H2,1H3/b9-8+. The number of allylic oxidation sites excluding steroid dienone is 3. The van der Waals surface area contributed by atoms with Crippen molar-refractivity contribution in [2.45, 2.75) is 19.3 Å². The van der Waals surface area contributed by atoms with Gasteiger partial charge < -0.3 is 4.74 Å². The summed E-state index contributed by atoms with van der Waals surface area (Å²) in [7, 11) is 0. The van der Waals surface area contributed by atoms with Crippen LogP contribution in [0.3, 0.4) is 0 Å². The number of carbonyl (C=O) groups is 2. The first-order chi connectivity index (χ1) is 14.0. The molecule has 2 atom stereocenters. The third-order valence-electron chi connectivity index (χ3n) is 4.85. The fraction of sp³-hybridized carbons (Fsp3) is 0.217. The van der Waals surface area contributed by atoms with E-state index in [4.69, 9.17) is 4.74 Å². The average molecular weight is 391 g/mol. The maximum absolute atomic E-state index is 12.8. The first-order valence-corrected chi connectivity index (χ1v) is 9.38. The topological polar surface area (TPSA) is 86.5 Å². The van der Waals surface area contributed by atoms with E-state index in [9.17, 15) is 19.7 Å². The number of rotatable bonds is 6. The highest BCUT2D eigenvalue weighted by molar-refractivity contribution is 6.07. The Bertz CT molecular complexity index is 961. The third-order valence-corrected chi connectivity index (χ3v) is 4.85. The molecule has 1 aliphatic carbocycles. The minimum absolute atomic E-state index is 0.0386. The van der Waals surface area contributed by atoms with E-state index in [2.05, 4.69) is 0 Å². The molecule has 6 nitrogen and oxygen atoms in total. The van der Waals surface area contributed by atoms with Crippen LogP contribution in [0.15, 0.2) is 72.3 Å². The summed E-state index contributed by atoms with van der Waals surface area (Å²) in [6, 6.07) is 15.7. The maximum atomic E-state index is 12.8.